The Bertz CT molecular complexity index is 348. The Morgan fingerprint density at radius 1 is 1.06 bits per heavy atom. The summed E-state index contributed by atoms with van der Waals surface area (Å²) >= 11 is 1.96. The van der Waals surface area contributed by atoms with Crippen LogP contribution in [0.25, 0.3) is 0 Å². The average Bonchev–Trinajstić information content (AvgIpc) is 2.35. The van der Waals surface area contributed by atoms with E-state index in [0.717, 1.165) is 5.75 Å². The summed E-state index contributed by atoms with van der Waals surface area (Å²) in [6.45, 7) is 8.86. The molecule has 0 aromatic heterocycles. The van der Waals surface area contributed by atoms with Crippen LogP contribution in [0.5, 0.6) is 5.75 Å². The first-order valence-electron chi connectivity index (χ1n) is 6.50. The minimum atomic E-state index is 0.143. The second-order valence-corrected chi connectivity index (χ2v) is 6.66. The van der Waals surface area contributed by atoms with Crippen molar-refractivity contribution in [3.8, 4) is 5.75 Å². The molecule has 2 nitrogen and oxygen atoms in total. The molecule has 102 valence electrons. The zero-order chi connectivity index (χ0) is 13.7. The van der Waals surface area contributed by atoms with E-state index in [0.29, 0.717) is 16.4 Å². The molecule has 1 aromatic carbocycles. The van der Waals surface area contributed by atoms with E-state index >= 15 is 0 Å². The van der Waals surface area contributed by atoms with Gasteiger partial charge in [0.25, 0.3) is 0 Å². The van der Waals surface area contributed by atoms with Gasteiger partial charge in [-0.25, -0.2) is 0 Å². The van der Waals surface area contributed by atoms with Crippen molar-refractivity contribution in [1.82, 2.24) is 0 Å². The SMILES string of the molecule is COc1ccc(C(SC(C)C(C)C)C(C)N)cc1. The van der Waals surface area contributed by atoms with Crippen molar-refractivity contribution in [3.63, 3.8) is 0 Å². The summed E-state index contributed by atoms with van der Waals surface area (Å²) in [7, 11) is 1.69. The van der Waals surface area contributed by atoms with E-state index in [4.69, 9.17) is 10.5 Å². The molecule has 0 aliphatic rings. The van der Waals surface area contributed by atoms with Crippen molar-refractivity contribution in [2.75, 3.05) is 7.11 Å². The third kappa shape index (κ3) is 4.21. The number of methoxy groups -OCH3 is 1. The van der Waals surface area contributed by atoms with E-state index in [2.05, 4.69) is 39.8 Å². The van der Waals surface area contributed by atoms with Crippen molar-refractivity contribution >= 4 is 11.8 Å². The molecule has 0 amide bonds. The van der Waals surface area contributed by atoms with Crippen LogP contribution in [0.2, 0.25) is 0 Å². The standard InChI is InChI=1S/C15H25NOS/c1-10(2)12(4)18-15(11(3)16)13-6-8-14(17-5)9-7-13/h6-12,15H,16H2,1-5H3. The summed E-state index contributed by atoms with van der Waals surface area (Å²) in [5, 5.41) is 0.941. The first-order valence-corrected chi connectivity index (χ1v) is 7.45. The Morgan fingerprint density at radius 2 is 1.61 bits per heavy atom. The summed E-state index contributed by atoms with van der Waals surface area (Å²) in [4.78, 5) is 0. The lowest BCUT2D eigenvalue weighted by Gasteiger charge is -2.26. The van der Waals surface area contributed by atoms with E-state index in [1.165, 1.54) is 5.56 Å². The van der Waals surface area contributed by atoms with Gasteiger partial charge in [-0.2, -0.15) is 0 Å². The van der Waals surface area contributed by atoms with Crippen LogP contribution >= 0.6 is 11.8 Å². The molecule has 3 unspecified atom stereocenters. The van der Waals surface area contributed by atoms with Gasteiger partial charge in [0, 0.05) is 16.5 Å². The van der Waals surface area contributed by atoms with Gasteiger partial charge in [0.15, 0.2) is 0 Å². The molecule has 0 fully saturated rings. The zero-order valence-electron chi connectivity index (χ0n) is 12.0. The smallest absolute Gasteiger partial charge is 0.118 e. The topological polar surface area (TPSA) is 35.2 Å². The van der Waals surface area contributed by atoms with Gasteiger partial charge >= 0.3 is 0 Å². The lowest BCUT2D eigenvalue weighted by atomic mass is 10.1. The first kappa shape index (κ1) is 15.4. The van der Waals surface area contributed by atoms with Gasteiger partial charge in [0.2, 0.25) is 0 Å². The highest BCUT2D eigenvalue weighted by Gasteiger charge is 2.21. The van der Waals surface area contributed by atoms with E-state index in [-0.39, 0.29) is 6.04 Å². The van der Waals surface area contributed by atoms with Crippen LogP contribution in [0.15, 0.2) is 24.3 Å². The Hall–Kier alpha value is -0.670. The molecule has 1 aromatic rings. The van der Waals surface area contributed by atoms with Crippen LogP contribution in [0, 0.1) is 5.92 Å². The molecule has 3 atom stereocenters. The molecule has 0 bridgehead atoms. The van der Waals surface area contributed by atoms with Crippen molar-refractivity contribution in [2.45, 2.75) is 44.2 Å². The molecule has 18 heavy (non-hydrogen) atoms. The summed E-state index contributed by atoms with van der Waals surface area (Å²) in [5.74, 6) is 1.55. The average molecular weight is 267 g/mol. The molecular weight excluding hydrogens is 242 g/mol. The van der Waals surface area contributed by atoms with Gasteiger partial charge in [-0.3, -0.25) is 0 Å². The number of rotatable bonds is 6. The third-order valence-corrected chi connectivity index (χ3v) is 5.19. The van der Waals surface area contributed by atoms with Gasteiger partial charge in [-0.05, 0) is 30.5 Å². The molecule has 0 spiro atoms. The summed E-state index contributed by atoms with van der Waals surface area (Å²) in [5.41, 5.74) is 7.42. The molecule has 0 aliphatic heterocycles. The fraction of sp³-hybridized carbons (Fsp3) is 0.600. The van der Waals surface area contributed by atoms with Crippen LogP contribution < -0.4 is 10.5 Å². The van der Waals surface area contributed by atoms with E-state index in [1.807, 2.05) is 23.9 Å². The molecule has 0 heterocycles. The Morgan fingerprint density at radius 3 is 2.00 bits per heavy atom. The molecule has 2 N–H and O–H groups in total. The highest BCUT2D eigenvalue weighted by Crippen LogP contribution is 2.37. The lowest BCUT2D eigenvalue weighted by molar-refractivity contribution is 0.414. The maximum absolute atomic E-state index is 6.14. The van der Waals surface area contributed by atoms with Crippen LogP contribution in [0.1, 0.15) is 38.5 Å². The molecule has 0 saturated heterocycles. The fourth-order valence-corrected chi connectivity index (χ4v) is 3.03. The monoisotopic (exact) mass is 267 g/mol. The Kier molecular flexibility index (Phi) is 6.03. The number of benzene rings is 1. The second kappa shape index (κ2) is 7.05. The van der Waals surface area contributed by atoms with E-state index in [1.54, 1.807) is 7.11 Å². The van der Waals surface area contributed by atoms with Crippen molar-refractivity contribution in [2.24, 2.45) is 11.7 Å². The minimum absolute atomic E-state index is 0.143. The van der Waals surface area contributed by atoms with Crippen molar-refractivity contribution in [3.05, 3.63) is 29.8 Å². The zero-order valence-corrected chi connectivity index (χ0v) is 12.8. The Labute approximate surface area is 115 Å². The summed E-state index contributed by atoms with van der Waals surface area (Å²) < 4.78 is 5.19. The van der Waals surface area contributed by atoms with Gasteiger partial charge in [-0.15, -0.1) is 11.8 Å². The molecule has 3 heteroatoms. The van der Waals surface area contributed by atoms with Gasteiger partial charge < -0.3 is 10.5 Å². The number of hydrogen-bond donors (Lipinski definition) is 1. The fourth-order valence-electron chi connectivity index (χ4n) is 1.69. The van der Waals surface area contributed by atoms with Crippen molar-refractivity contribution < 1.29 is 4.74 Å². The van der Waals surface area contributed by atoms with Crippen molar-refractivity contribution in [1.29, 1.82) is 0 Å². The van der Waals surface area contributed by atoms with Gasteiger partial charge in [0.1, 0.15) is 5.75 Å². The van der Waals surface area contributed by atoms with Crippen LogP contribution in [0.3, 0.4) is 0 Å². The number of ether oxygens (including phenoxy) is 1. The predicted octanol–water partition coefficient (Wildman–Crippen LogP) is 3.86. The summed E-state index contributed by atoms with van der Waals surface area (Å²) in [6.07, 6.45) is 0. The second-order valence-electron chi connectivity index (χ2n) is 5.14. The largest absolute Gasteiger partial charge is 0.497 e. The molecule has 1 rings (SSSR count). The quantitative estimate of drug-likeness (QED) is 0.850. The predicted molar refractivity (Wildman–Crippen MR) is 81.3 cm³/mol. The number of hydrogen-bond acceptors (Lipinski definition) is 3. The maximum Gasteiger partial charge on any atom is 0.118 e. The molecular formula is C15H25NOS. The molecule has 0 radical (unpaired) electrons. The van der Waals surface area contributed by atoms with Crippen LogP contribution in [0.4, 0.5) is 0 Å². The minimum Gasteiger partial charge on any atom is -0.497 e. The van der Waals surface area contributed by atoms with Gasteiger partial charge in [0.05, 0.1) is 7.11 Å². The maximum atomic E-state index is 6.14. The van der Waals surface area contributed by atoms with Crippen LogP contribution in [-0.4, -0.2) is 18.4 Å². The molecule has 0 aliphatic carbocycles. The normalized spacial score (nSPS) is 16.4. The third-order valence-electron chi connectivity index (χ3n) is 3.22. The number of nitrogens with two attached hydrogens (primary N) is 1. The number of thioether (sulfide) groups is 1. The highest BCUT2D eigenvalue weighted by atomic mass is 32.2. The van der Waals surface area contributed by atoms with E-state index < -0.39 is 0 Å². The van der Waals surface area contributed by atoms with Gasteiger partial charge in [-0.1, -0.05) is 32.9 Å². The van der Waals surface area contributed by atoms with Crippen LogP contribution in [-0.2, 0) is 0 Å². The Balaban J connectivity index is 2.83. The first-order chi connectivity index (χ1) is 8.45. The summed E-state index contributed by atoms with van der Waals surface area (Å²) in [6, 6.07) is 8.39. The van der Waals surface area contributed by atoms with E-state index in [9.17, 15) is 0 Å². The highest BCUT2D eigenvalue weighted by molar-refractivity contribution is 8.00. The molecule has 0 saturated carbocycles. The lowest BCUT2D eigenvalue weighted by Crippen LogP contribution is -2.25.